The molecule has 0 radical (unpaired) electrons. The summed E-state index contributed by atoms with van der Waals surface area (Å²) in [5, 5.41) is 0. The van der Waals surface area contributed by atoms with Gasteiger partial charge in [-0.1, -0.05) is 0 Å². The van der Waals surface area contributed by atoms with E-state index >= 15 is 0 Å². The van der Waals surface area contributed by atoms with Gasteiger partial charge in [0.15, 0.2) is 5.78 Å². The van der Waals surface area contributed by atoms with Crippen molar-refractivity contribution in [1.29, 1.82) is 0 Å². The molecule has 1 heterocycles. The third-order valence-electron chi connectivity index (χ3n) is 2.12. The predicted molar refractivity (Wildman–Crippen MR) is 71.8 cm³/mol. The van der Waals surface area contributed by atoms with Gasteiger partial charge in [-0.3, -0.25) is 4.79 Å². The highest BCUT2D eigenvalue weighted by molar-refractivity contribution is 9.11. The molecule has 86 valence electrons. The summed E-state index contributed by atoms with van der Waals surface area (Å²) in [4.78, 5) is 12.7. The van der Waals surface area contributed by atoms with Crippen LogP contribution in [0.5, 0.6) is 0 Å². The monoisotopic (exact) mass is 310 g/mol. The number of allylic oxidation sites excluding steroid dienone is 1. The molecule has 1 aromatic heterocycles. The maximum Gasteiger partial charge on any atom is 0.185 e. The Labute approximate surface area is 111 Å². The zero-order valence-corrected chi connectivity index (χ0v) is 11.1. The third-order valence-corrected chi connectivity index (χ3v) is 3.71. The van der Waals surface area contributed by atoms with Gasteiger partial charge >= 0.3 is 0 Å². The Morgan fingerprint density at radius 3 is 2.47 bits per heavy atom. The van der Waals surface area contributed by atoms with E-state index in [1.54, 1.807) is 17.4 Å². The SMILES string of the molecule is O=C(/C=C/c1ccc(Br)s1)c1ccc(F)cc1. The molecule has 4 heteroatoms. The van der Waals surface area contributed by atoms with Crippen LogP contribution < -0.4 is 0 Å². The van der Waals surface area contributed by atoms with Gasteiger partial charge in [-0.25, -0.2) is 4.39 Å². The number of hydrogen-bond donors (Lipinski definition) is 0. The first-order chi connectivity index (χ1) is 8.15. The lowest BCUT2D eigenvalue weighted by molar-refractivity contribution is 0.104. The van der Waals surface area contributed by atoms with Crippen molar-refractivity contribution in [3.63, 3.8) is 0 Å². The molecule has 2 rings (SSSR count). The number of carbonyl (C=O) groups excluding carboxylic acids is 1. The van der Waals surface area contributed by atoms with Crippen molar-refractivity contribution in [3.8, 4) is 0 Å². The fourth-order valence-electron chi connectivity index (χ4n) is 1.29. The van der Waals surface area contributed by atoms with E-state index in [1.807, 2.05) is 12.1 Å². The van der Waals surface area contributed by atoms with Gasteiger partial charge in [0.1, 0.15) is 5.82 Å². The highest BCUT2D eigenvalue weighted by Crippen LogP contribution is 2.23. The quantitative estimate of drug-likeness (QED) is 0.600. The standard InChI is InChI=1S/C13H8BrFOS/c14-13-8-6-11(17-13)5-7-12(16)9-1-3-10(15)4-2-9/h1-8H/b7-5+. The second kappa shape index (κ2) is 5.38. The smallest absolute Gasteiger partial charge is 0.185 e. The van der Waals surface area contributed by atoms with Gasteiger partial charge in [0.2, 0.25) is 0 Å². The Balaban J connectivity index is 2.11. The molecular formula is C13H8BrFOS. The molecule has 0 saturated heterocycles. The van der Waals surface area contributed by atoms with Crippen LogP contribution in [0.2, 0.25) is 0 Å². The Morgan fingerprint density at radius 1 is 1.18 bits per heavy atom. The summed E-state index contributed by atoms with van der Waals surface area (Å²) in [6.45, 7) is 0. The molecule has 1 aromatic carbocycles. The summed E-state index contributed by atoms with van der Waals surface area (Å²) >= 11 is 4.90. The summed E-state index contributed by atoms with van der Waals surface area (Å²) < 4.78 is 13.7. The average molecular weight is 311 g/mol. The molecule has 0 amide bonds. The predicted octanol–water partition coefficient (Wildman–Crippen LogP) is 4.55. The van der Waals surface area contributed by atoms with Crippen molar-refractivity contribution in [2.45, 2.75) is 0 Å². The van der Waals surface area contributed by atoms with E-state index in [0.29, 0.717) is 5.56 Å². The summed E-state index contributed by atoms with van der Waals surface area (Å²) in [6.07, 6.45) is 3.24. The van der Waals surface area contributed by atoms with Crippen LogP contribution in [0.4, 0.5) is 4.39 Å². The molecule has 0 saturated carbocycles. The van der Waals surface area contributed by atoms with Gasteiger partial charge in [-0.15, -0.1) is 11.3 Å². The van der Waals surface area contributed by atoms with Crippen LogP contribution in [0, 0.1) is 5.82 Å². The number of hydrogen-bond acceptors (Lipinski definition) is 2. The van der Waals surface area contributed by atoms with Crippen molar-refractivity contribution in [3.05, 3.63) is 62.5 Å². The first kappa shape index (κ1) is 12.2. The maximum atomic E-state index is 12.7. The molecule has 0 aliphatic carbocycles. The van der Waals surface area contributed by atoms with Crippen LogP contribution in [0.3, 0.4) is 0 Å². The number of carbonyl (C=O) groups is 1. The van der Waals surface area contributed by atoms with Crippen LogP contribution >= 0.6 is 27.3 Å². The molecule has 0 N–H and O–H groups in total. The Hall–Kier alpha value is -1.26. The average Bonchev–Trinajstić information content (AvgIpc) is 2.73. The molecule has 0 aliphatic rings. The lowest BCUT2D eigenvalue weighted by atomic mass is 10.1. The van der Waals surface area contributed by atoms with Crippen molar-refractivity contribution < 1.29 is 9.18 Å². The largest absolute Gasteiger partial charge is 0.289 e. The molecule has 0 spiro atoms. The van der Waals surface area contributed by atoms with Crippen molar-refractivity contribution in [2.75, 3.05) is 0 Å². The van der Waals surface area contributed by atoms with Gasteiger partial charge in [-0.05, 0) is 64.5 Å². The van der Waals surface area contributed by atoms with Crippen LogP contribution in [-0.2, 0) is 0 Å². The fraction of sp³-hybridized carbons (Fsp3) is 0. The van der Waals surface area contributed by atoms with E-state index in [9.17, 15) is 9.18 Å². The summed E-state index contributed by atoms with van der Waals surface area (Å²) in [6, 6.07) is 9.36. The van der Waals surface area contributed by atoms with Gasteiger partial charge < -0.3 is 0 Å². The Morgan fingerprint density at radius 2 is 1.88 bits per heavy atom. The van der Waals surface area contributed by atoms with Crippen LogP contribution in [0.1, 0.15) is 15.2 Å². The van der Waals surface area contributed by atoms with E-state index in [2.05, 4.69) is 15.9 Å². The van der Waals surface area contributed by atoms with Gasteiger partial charge in [0, 0.05) is 10.4 Å². The zero-order valence-electron chi connectivity index (χ0n) is 8.69. The molecule has 1 nitrogen and oxygen atoms in total. The minimum atomic E-state index is -0.340. The molecular weight excluding hydrogens is 303 g/mol. The summed E-state index contributed by atoms with van der Waals surface area (Å²) in [5.74, 6) is -0.470. The first-order valence-corrected chi connectivity index (χ1v) is 6.49. The van der Waals surface area contributed by atoms with Crippen LogP contribution in [0.25, 0.3) is 6.08 Å². The topological polar surface area (TPSA) is 17.1 Å². The van der Waals surface area contributed by atoms with Gasteiger partial charge in [0.25, 0.3) is 0 Å². The zero-order chi connectivity index (χ0) is 12.3. The summed E-state index contributed by atoms with van der Waals surface area (Å²) in [5.41, 5.74) is 0.485. The lowest BCUT2D eigenvalue weighted by Gasteiger charge is -1.94. The minimum Gasteiger partial charge on any atom is -0.289 e. The number of ketones is 1. The maximum absolute atomic E-state index is 12.7. The summed E-state index contributed by atoms with van der Waals surface area (Å²) in [7, 11) is 0. The number of benzene rings is 1. The van der Waals surface area contributed by atoms with E-state index < -0.39 is 0 Å². The minimum absolute atomic E-state index is 0.130. The van der Waals surface area contributed by atoms with E-state index in [1.165, 1.54) is 30.3 Å². The van der Waals surface area contributed by atoms with Crippen LogP contribution in [0.15, 0.2) is 46.3 Å². The van der Waals surface area contributed by atoms with Gasteiger partial charge in [-0.2, -0.15) is 0 Å². The fourth-order valence-corrected chi connectivity index (χ4v) is 2.61. The Bertz CT molecular complexity index is 557. The second-order valence-corrected chi connectivity index (χ2v) is 5.84. The molecule has 0 bridgehead atoms. The molecule has 0 aliphatic heterocycles. The number of thiophene rings is 1. The molecule has 2 aromatic rings. The van der Waals surface area contributed by atoms with Gasteiger partial charge in [0.05, 0.1) is 3.79 Å². The van der Waals surface area contributed by atoms with Crippen molar-refractivity contribution in [1.82, 2.24) is 0 Å². The highest BCUT2D eigenvalue weighted by Gasteiger charge is 2.01. The molecule has 0 atom stereocenters. The van der Waals surface area contributed by atoms with E-state index in [0.717, 1.165) is 8.66 Å². The lowest BCUT2D eigenvalue weighted by Crippen LogP contribution is -1.93. The van der Waals surface area contributed by atoms with E-state index in [-0.39, 0.29) is 11.6 Å². The second-order valence-electron chi connectivity index (χ2n) is 3.35. The van der Waals surface area contributed by atoms with Crippen molar-refractivity contribution in [2.24, 2.45) is 0 Å². The number of rotatable bonds is 3. The van der Waals surface area contributed by atoms with Crippen LogP contribution in [-0.4, -0.2) is 5.78 Å². The first-order valence-electron chi connectivity index (χ1n) is 4.88. The third kappa shape index (κ3) is 3.35. The normalized spacial score (nSPS) is 10.9. The van der Waals surface area contributed by atoms with Crippen molar-refractivity contribution >= 4 is 39.1 Å². The molecule has 17 heavy (non-hydrogen) atoms. The van der Waals surface area contributed by atoms with E-state index in [4.69, 9.17) is 0 Å². The molecule has 0 fully saturated rings. The molecule has 0 unspecified atom stereocenters. The number of halogens is 2. The highest BCUT2D eigenvalue weighted by atomic mass is 79.9. The Kier molecular flexibility index (Phi) is 3.86.